The van der Waals surface area contributed by atoms with Crippen LogP contribution in [-0.4, -0.2) is 9.97 Å². The van der Waals surface area contributed by atoms with E-state index < -0.39 is 0 Å². The predicted molar refractivity (Wildman–Crippen MR) is 126 cm³/mol. The Morgan fingerprint density at radius 1 is 0.806 bits per heavy atom. The molecule has 0 unspecified atom stereocenters. The number of pyridine rings is 2. The summed E-state index contributed by atoms with van der Waals surface area (Å²) in [5, 5.41) is 2.12. The van der Waals surface area contributed by atoms with Gasteiger partial charge in [-0.05, 0) is 60.6 Å². The third-order valence-electron chi connectivity index (χ3n) is 6.72. The molecular weight excluding hydrogens is 380 g/mol. The molecule has 3 nitrogen and oxygen atoms in total. The molecule has 0 amide bonds. The minimum atomic E-state index is 0.669. The summed E-state index contributed by atoms with van der Waals surface area (Å²) in [6.07, 6.45) is 8.99. The molecule has 1 saturated carbocycles. The number of hydrogen-bond donors (Lipinski definition) is 0. The van der Waals surface area contributed by atoms with Gasteiger partial charge in [0.2, 0.25) is 5.71 Å². The average Bonchev–Trinajstić information content (AvgIpc) is 3.47. The van der Waals surface area contributed by atoms with E-state index in [2.05, 4.69) is 60.4 Å². The van der Waals surface area contributed by atoms with E-state index in [0.717, 1.165) is 44.7 Å². The van der Waals surface area contributed by atoms with Crippen molar-refractivity contribution in [1.82, 2.24) is 9.97 Å². The fourth-order valence-electron chi connectivity index (χ4n) is 5.10. The van der Waals surface area contributed by atoms with Crippen molar-refractivity contribution < 1.29 is 4.42 Å². The lowest BCUT2D eigenvalue weighted by atomic mass is 9.92. The predicted octanol–water partition coefficient (Wildman–Crippen LogP) is 7.68. The second-order valence-corrected chi connectivity index (χ2v) is 8.60. The maximum Gasteiger partial charge on any atom is 0.227 e. The number of hydrogen-bond acceptors (Lipinski definition) is 3. The van der Waals surface area contributed by atoms with Gasteiger partial charge in [0.1, 0.15) is 5.58 Å². The van der Waals surface area contributed by atoms with E-state index in [0.29, 0.717) is 5.71 Å². The van der Waals surface area contributed by atoms with Crippen molar-refractivity contribution in [2.45, 2.75) is 38.5 Å². The molecule has 3 heteroatoms. The molecule has 5 aromatic rings. The molecule has 0 atom stereocenters. The SMILES string of the molecule is Cc1ccc2c(oc3ncccc32)c1-c1ncccc1-c1ccc(C2CCCC2)cc1. The lowest BCUT2D eigenvalue weighted by molar-refractivity contribution is 0.654. The van der Waals surface area contributed by atoms with Crippen LogP contribution in [0.4, 0.5) is 0 Å². The number of rotatable bonds is 3. The number of aryl methyl sites for hydroxylation is 1. The molecule has 0 bridgehead atoms. The van der Waals surface area contributed by atoms with E-state index in [4.69, 9.17) is 9.40 Å². The highest BCUT2D eigenvalue weighted by Crippen LogP contribution is 2.41. The van der Waals surface area contributed by atoms with Crippen molar-refractivity contribution in [3.63, 3.8) is 0 Å². The Balaban J connectivity index is 1.52. The molecule has 0 saturated heterocycles. The van der Waals surface area contributed by atoms with Crippen molar-refractivity contribution in [3.05, 3.63) is 84.2 Å². The number of aromatic nitrogens is 2. The Labute approximate surface area is 181 Å². The molecule has 3 aromatic heterocycles. The van der Waals surface area contributed by atoms with Crippen molar-refractivity contribution in [3.8, 4) is 22.4 Å². The van der Waals surface area contributed by atoms with Gasteiger partial charge in [-0.1, -0.05) is 55.3 Å². The number of furan rings is 1. The van der Waals surface area contributed by atoms with Crippen LogP contribution in [0.25, 0.3) is 44.5 Å². The standard InChI is InChI=1S/C28H24N2O/c1-18-10-15-23-24-9-5-17-30-28(24)31-27(23)25(18)26-22(8-4-16-29-26)21-13-11-20(12-14-21)19-6-2-3-7-19/h4-5,8-17,19H,2-3,6-7H2,1H3. The third-order valence-corrected chi connectivity index (χ3v) is 6.72. The Bertz CT molecular complexity index is 1390. The summed E-state index contributed by atoms with van der Waals surface area (Å²) in [7, 11) is 0. The van der Waals surface area contributed by atoms with Crippen molar-refractivity contribution in [2.75, 3.05) is 0 Å². The molecule has 31 heavy (non-hydrogen) atoms. The van der Waals surface area contributed by atoms with Crippen LogP contribution in [0.2, 0.25) is 0 Å². The second-order valence-electron chi connectivity index (χ2n) is 8.60. The summed E-state index contributed by atoms with van der Waals surface area (Å²) in [5.41, 5.74) is 8.46. The van der Waals surface area contributed by atoms with Crippen molar-refractivity contribution in [2.24, 2.45) is 0 Å². The molecule has 6 rings (SSSR count). The Kier molecular flexibility index (Phi) is 4.34. The summed E-state index contributed by atoms with van der Waals surface area (Å²) in [6.45, 7) is 2.12. The first-order valence-corrected chi connectivity index (χ1v) is 11.1. The largest absolute Gasteiger partial charge is 0.437 e. The molecule has 0 radical (unpaired) electrons. The van der Waals surface area contributed by atoms with Crippen LogP contribution in [-0.2, 0) is 0 Å². The van der Waals surface area contributed by atoms with Gasteiger partial charge in [-0.25, -0.2) is 4.98 Å². The normalized spacial score (nSPS) is 14.6. The summed E-state index contributed by atoms with van der Waals surface area (Å²) in [6, 6.07) is 21.6. The maximum absolute atomic E-state index is 6.25. The minimum absolute atomic E-state index is 0.669. The Morgan fingerprint density at radius 2 is 1.58 bits per heavy atom. The van der Waals surface area contributed by atoms with E-state index in [1.807, 2.05) is 18.3 Å². The zero-order valence-corrected chi connectivity index (χ0v) is 17.6. The monoisotopic (exact) mass is 404 g/mol. The molecule has 152 valence electrons. The van der Waals surface area contributed by atoms with E-state index in [-0.39, 0.29) is 0 Å². The number of nitrogens with zero attached hydrogens (tertiary/aromatic N) is 2. The minimum Gasteiger partial charge on any atom is -0.437 e. The van der Waals surface area contributed by atoms with Gasteiger partial charge in [0.05, 0.1) is 5.69 Å². The molecule has 1 aliphatic rings. The van der Waals surface area contributed by atoms with Crippen LogP contribution in [0.15, 0.2) is 77.5 Å². The van der Waals surface area contributed by atoms with Gasteiger partial charge in [-0.3, -0.25) is 4.98 Å². The maximum atomic E-state index is 6.25. The van der Waals surface area contributed by atoms with E-state index in [1.165, 1.54) is 36.8 Å². The quantitative estimate of drug-likeness (QED) is 0.309. The first kappa shape index (κ1) is 18.3. The third kappa shape index (κ3) is 3.04. The van der Waals surface area contributed by atoms with Gasteiger partial charge in [0, 0.05) is 34.3 Å². The smallest absolute Gasteiger partial charge is 0.227 e. The molecule has 0 aliphatic heterocycles. The van der Waals surface area contributed by atoms with Gasteiger partial charge in [-0.15, -0.1) is 0 Å². The topological polar surface area (TPSA) is 38.9 Å². The van der Waals surface area contributed by atoms with E-state index in [1.54, 1.807) is 6.20 Å². The lowest BCUT2D eigenvalue weighted by Gasteiger charge is -2.14. The van der Waals surface area contributed by atoms with Crippen LogP contribution >= 0.6 is 0 Å². The van der Waals surface area contributed by atoms with Crippen LogP contribution in [0.1, 0.15) is 42.7 Å². The molecule has 3 heterocycles. The zero-order valence-electron chi connectivity index (χ0n) is 17.6. The first-order valence-electron chi connectivity index (χ1n) is 11.1. The van der Waals surface area contributed by atoms with E-state index >= 15 is 0 Å². The number of fused-ring (bicyclic) bond motifs is 3. The first-order chi connectivity index (χ1) is 15.3. The number of benzene rings is 2. The summed E-state index contributed by atoms with van der Waals surface area (Å²) in [5.74, 6) is 0.724. The lowest BCUT2D eigenvalue weighted by Crippen LogP contribution is -1.94. The summed E-state index contributed by atoms with van der Waals surface area (Å²) >= 11 is 0. The highest BCUT2D eigenvalue weighted by molar-refractivity contribution is 6.09. The van der Waals surface area contributed by atoms with Crippen molar-refractivity contribution >= 4 is 22.1 Å². The molecule has 1 fully saturated rings. The fraction of sp³-hybridized carbons (Fsp3) is 0.214. The summed E-state index contributed by atoms with van der Waals surface area (Å²) in [4.78, 5) is 9.25. The van der Waals surface area contributed by atoms with Gasteiger partial charge in [0.15, 0.2) is 0 Å². The zero-order chi connectivity index (χ0) is 20.8. The molecule has 0 spiro atoms. The van der Waals surface area contributed by atoms with Crippen molar-refractivity contribution in [1.29, 1.82) is 0 Å². The van der Waals surface area contributed by atoms with Gasteiger partial charge >= 0.3 is 0 Å². The van der Waals surface area contributed by atoms with Gasteiger partial charge < -0.3 is 4.42 Å². The molecule has 0 N–H and O–H groups in total. The van der Waals surface area contributed by atoms with Crippen LogP contribution < -0.4 is 0 Å². The Morgan fingerprint density at radius 3 is 2.42 bits per heavy atom. The van der Waals surface area contributed by atoms with E-state index in [9.17, 15) is 0 Å². The fourth-order valence-corrected chi connectivity index (χ4v) is 5.10. The highest BCUT2D eigenvalue weighted by atomic mass is 16.3. The highest BCUT2D eigenvalue weighted by Gasteiger charge is 2.20. The molecule has 2 aromatic carbocycles. The van der Waals surface area contributed by atoms with Crippen LogP contribution in [0, 0.1) is 6.92 Å². The molecule has 1 aliphatic carbocycles. The second kappa shape index (κ2) is 7.35. The Hall–Kier alpha value is -3.46. The van der Waals surface area contributed by atoms with Crippen LogP contribution in [0.3, 0.4) is 0 Å². The molecular formula is C28H24N2O. The average molecular weight is 405 g/mol. The van der Waals surface area contributed by atoms with Gasteiger partial charge in [0.25, 0.3) is 0 Å². The van der Waals surface area contributed by atoms with Gasteiger partial charge in [-0.2, -0.15) is 0 Å². The van der Waals surface area contributed by atoms with Crippen LogP contribution in [0.5, 0.6) is 0 Å². The summed E-state index contributed by atoms with van der Waals surface area (Å²) < 4.78 is 6.25.